The van der Waals surface area contributed by atoms with Crippen molar-refractivity contribution in [1.82, 2.24) is 4.90 Å². The van der Waals surface area contributed by atoms with Crippen LogP contribution in [0.4, 0.5) is 0 Å². The molecule has 1 heterocycles. The van der Waals surface area contributed by atoms with Gasteiger partial charge in [0.25, 0.3) is 11.7 Å². The van der Waals surface area contributed by atoms with Crippen LogP contribution in [-0.4, -0.2) is 55.7 Å². The molecule has 0 radical (unpaired) electrons. The van der Waals surface area contributed by atoms with E-state index in [4.69, 9.17) is 14.2 Å². The number of aryl methyl sites for hydroxylation is 2. The molecule has 2 aromatic carbocycles. The Bertz CT molecular complexity index is 1140. The molecule has 7 heteroatoms. The molecule has 194 valence electrons. The van der Waals surface area contributed by atoms with Gasteiger partial charge in [0.1, 0.15) is 5.76 Å². The van der Waals surface area contributed by atoms with Gasteiger partial charge in [-0.3, -0.25) is 9.59 Å². The lowest BCUT2D eigenvalue weighted by Crippen LogP contribution is -2.31. The van der Waals surface area contributed by atoms with Crippen LogP contribution in [-0.2, 0) is 14.3 Å². The van der Waals surface area contributed by atoms with Gasteiger partial charge in [0.15, 0.2) is 11.5 Å². The highest BCUT2D eigenvalue weighted by atomic mass is 16.5. The number of nitrogens with zero attached hydrogens (tertiary/aromatic N) is 1. The number of ketones is 1. The number of aliphatic hydroxyl groups excluding tert-OH is 1. The highest BCUT2D eigenvalue weighted by Crippen LogP contribution is 2.42. The quantitative estimate of drug-likeness (QED) is 0.200. The smallest absolute Gasteiger partial charge is 0.295 e. The van der Waals surface area contributed by atoms with E-state index in [0.29, 0.717) is 54.7 Å². The summed E-state index contributed by atoms with van der Waals surface area (Å²) in [6.45, 7) is 9.35. The standard InChI is InChI=1S/C29H37NO6/c1-18(2)12-15-36-23-11-10-21(17-24(23)35-6)26-25(27(31)22-16-19(3)8-9-20(22)4)28(32)29(33)30(26)13-7-14-34-5/h8-11,16-18,26,31H,7,12-15H2,1-6H3/b27-25+. The molecule has 36 heavy (non-hydrogen) atoms. The number of rotatable bonds is 11. The lowest BCUT2D eigenvalue weighted by atomic mass is 9.93. The molecule has 1 aliphatic rings. The van der Waals surface area contributed by atoms with Crippen molar-refractivity contribution in [3.05, 3.63) is 64.2 Å². The molecule has 0 aliphatic carbocycles. The first-order valence-electron chi connectivity index (χ1n) is 12.3. The highest BCUT2D eigenvalue weighted by Gasteiger charge is 2.46. The Morgan fingerprint density at radius 2 is 1.78 bits per heavy atom. The molecule has 1 unspecified atom stereocenters. The predicted molar refractivity (Wildman–Crippen MR) is 139 cm³/mol. The van der Waals surface area contributed by atoms with Crippen LogP contribution in [0.2, 0.25) is 0 Å². The van der Waals surface area contributed by atoms with Gasteiger partial charge in [0.05, 0.1) is 25.3 Å². The Morgan fingerprint density at radius 1 is 1.03 bits per heavy atom. The molecule has 7 nitrogen and oxygen atoms in total. The summed E-state index contributed by atoms with van der Waals surface area (Å²) in [5.74, 6) is 0.0849. The maximum atomic E-state index is 13.3. The normalized spacial score (nSPS) is 17.2. The Kier molecular flexibility index (Phi) is 9.15. The van der Waals surface area contributed by atoms with Crippen molar-refractivity contribution >= 4 is 17.4 Å². The lowest BCUT2D eigenvalue weighted by Gasteiger charge is -2.26. The van der Waals surface area contributed by atoms with Crippen LogP contribution in [0.1, 0.15) is 55.0 Å². The van der Waals surface area contributed by atoms with E-state index >= 15 is 0 Å². The van der Waals surface area contributed by atoms with E-state index in [-0.39, 0.29) is 11.3 Å². The maximum absolute atomic E-state index is 13.3. The number of aliphatic hydroxyl groups is 1. The van der Waals surface area contributed by atoms with Gasteiger partial charge >= 0.3 is 0 Å². The second-order valence-corrected chi connectivity index (χ2v) is 9.60. The Labute approximate surface area is 213 Å². The SMILES string of the molecule is COCCCN1C(=O)C(=O)/C(=C(/O)c2cc(C)ccc2C)C1c1ccc(OCCC(C)C)c(OC)c1. The number of carbonyl (C=O) groups excluding carboxylic acids is 2. The Hall–Kier alpha value is -3.32. The fourth-order valence-electron chi connectivity index (χ4n) is 4.35. The van der Waals surface area contributed by atoms with Crippen molar-refractivity contribution in [3.8, 4) is 11.5 Å². The van der Waals surface area contributed by atoms with Gasteiger partial charge in [-0.15, -0.1) is 0 Å². The third-order valence-corrected chi connectivity index (χ3v) is 6.39. The van der Waals surface area contributed by atoms with E-state index in [1.165, 1.54) is 4.90 Å². The fourth-order valence-corrected chi connectivity index (χ4v) is 4.35. The molecular weight excluding hydrogens is 458 g/mol. The average Bonchev–Trinajstić information content (AvgIpc) is 3.10. The van der Waals surface area contributed by atoms with Crippen molar-refractivity contribution in [1.29, 1.82) is 0 Å². The minimum atomic E-state index is -0.764. The number of Topliss-reactive ketones (excluding diaryl/α,β-unsaturated/α-hetero) is 1. The van der Waals surface area contributed by atoms with E-state index in [0.717, 1.165) is 17.5 Å². The molecule has 1 fully saturated rings. The van der Waals surface area contributed by atoms with Crippen molar-refractivity contribution < 1.29 is 28.9 Å². The van der Waals surface area contributed by atoms with E-state index in [1.807, 2.05) is 38.1 Å². The summed E-state index contributed by atoms with van der Waals surface area (Å²) < 4.78 is 16.7. The molecule has 1 aliphatic heterocycles. The zero-order valence-electron chi connectivity index (χ0n) is 22.1. The highest BCUT2D eigenvalue weighted by molar-refractivity contribution is 6.46. The predicted octanol–water partition coefficient (Wildman–Crippen LogP) is 5.20. The molecular formula is C29H37NO6. The third kappa shape index (κ3) is 5.90. The monoisotopic (exact) mass is 495 g/mol. The molecule has 2 aromatic rings. The summed E-state index contributed by atoms with van der Waals surface area (Å²) in [7, 11) is 3.15. The van der Waals surface area contributed by atoms with Gasteiger partial charge < -0.3 is 24.2 Å². The first-order valence-corrected chi connectivity index (χ1v) is 12.3. The largest absolute Gasteiger partial charge is 0.507 e. The molecule has 1 N–H and O–H groups in total. The summed E-state index contributed by atoms with van der Waals surface area (Å²) >= 11 is 0. The molecule has 0 spiro atoms. The number of likely N-dealkylation sites (tertiary alicyclic amines) is 1. The Morgan fingerprint density at radius 3 is 2.44 bits per heavy atom. The van der Waals surface area contributed by atoms with E-state index in [9.17, 15) is 14.7 Å². The summed E-state index contributed by atoms with van der Waals surface area (Å²) in [4.78, 5) is 27.9. The average molecular weight is 496 g/mol. The van der Waals surface area contributed by atoms with Crippen LogP contribution >= 0.6 is 0 Å². The Balaban J connectivity index is 2.11. The molecule has 0 aromatic heterocycles. The van der Waals surface area contributed by atoms with Crippen LogP contribution in [0, 0.1) is 19.8 Å². The molecule has 0 saturated carbocycles. The molecule has 1 atom stereocenters. The van der Waals surface area contributed by atoms with Gasteiger partial charge in [-0.25, -0.2) is 0 Å². The zero-order valence-corrected chi connectivity index (χ0v) is 22.1. The molecule has 3 rings (SSSR count). The van der Waals surface area contributed by atoms with E-state index < -0.39 is 17.7 Å². The van der Waals surface area contributed by atoms with Crippen LogP contribution in [0.5, 0.6) is 11.5 Å². The van der Waals surface area contributed by atoms with Crippen LogP contribution in [0.3, 0.4) is 0 Å². The number of methoxy groups -OCH3 is 2. The van der Waals surface area contributed by atoms with Gasteiger partial charge in [0.2, 0.25) is 0 Å². The van der Waals surface area contributed by atoms with Gasteiger partial charge in [0, 0.05) is 25.8 Å². The second kappa shape index (κ2) is 12.1. The summed E-state index contributed by atoms with van der Waals surface area (Å²) in [6.07, 6.45) is 1.46. The topological polar surface area (TPSA) is 85.3 Å². The first-order chi connectivity index (χ1) is 17.2. The lowest BCUT2D eigenvalue weighted by molar-refractivity contribution is -0.140. The minimum absolute atomic E-state index is 0.0710. The summed E-state index contributed by atoms with van der Waals surface area (Å²) in [5.41, 5.74) is 3.02. The fraction of sp³-hybridized carbons (Fsp3) is 0.448. The van der Waals surface area contributed by atoms with Crippen molar-refractivity contribution in [2.75, 3.05) is 34.0 Å². The minimum Gasteiger partial charge on any atom is -0.507 e. The van der Waals surface area contributed by atoms with Gasteiger partial charge in [-0.2, -0.15) is 0 Å². The maximum Gasteiger partial charge on any atom is 0.295 e. The third-order valence-electron chi connectivity index (χ3n) is 6.39. The van der Waals surface area contributed by atoms with E-state index in [1.54, 1.807) is 26.4 Å². The summed E-state index contributed by atoms with van der Waals surface area (Å²) in [6, 6.07) is 10.3. The number of benzene rings is 2. The molecule has 0 bridgehead atoms. The number of hydrogen-bond acceptors (Lipinski definition) is 6. The van der Waals surface area contributed by atoms with Crippen LogP contribution in [0.25, 0.3) is 5.76 Å². The second-order valence-electron chi connectivity index (χ2n) is 9.60. The van der Waals surface area contributed by atoms with Crippen LogP contribution < -0.4 is 9.47 Å². The van der Waals surface area contributed by atoms with Crippen molar-refractivity contribution in [2.45, 2.75) is 46.6 Å². The van der Waals surface area contributed by atoms with Gasteiger partial charge in [-0.1, -0.05) is 37.6 Å². The first kappa shape index (κ1) is 27.3. The van der Waals surface area contributed by atoms with Gasteiger partial charge in [-0.05, 0) is 61.9 Å². The van der Waals surface area contributed by atoms with Crippen LogP contribution in [0.15, 0.2) is 42.0 Å². The number of amides is 1. The molecule has 1 saturated heterocycles. The number of ether oxygens (including phenoxy) is 3. The van der Waals surface area contributed by atoms with Crippen molar-refractivity contribution in [2.24, 2.45) is 5.92 Å². The zero-order chi connectivity index (χ0) is 26.4. The number of hydrogen-bond donors (Lipinski definition) is 1. The van der Waals surface area contributed by atoms with Crippen molar-refractivity contribution in [3.63, 3.8) is 0 Å². The summed E-state index contributed by atoms with van der Waals surface area (Å²) in [5, 5.41) is 11.4. The number of carbonyl (C=O) groups is 2. The molecule has 1 amide bonds. The van der Waals surface area contributed by atoms with E-state index in [2.05, 4.69) is 13.8 Å².